The number of carbonyl (C=O) groups excluding carboxylic acids is 1. The number of likely N-dealkylation sites (tertiary alicyclic amines) is 1. The number of ether oxygens (including phenoxy) is 2. The number of hydrogen-bond donors (Lipinski definition) is 1. The van der Waals surface area contributed by atoms with E-state index in [9.17, 15) is 4.79 Å². The summed E-state index contributed by atoms with van der Waals surface area (Å²) in [6, 6.07) is 0. The van der Waals surface area contributed by atoms with Crippen LogP contribution in [-0.2, 0) is 14.3 Å². The molecular formula is C19H37N5O3. The number of nitrogens with zero attached hydrogens (tertiary/aromatic N) is 4. The van der Waals surface area contributed by atoms with Crippen LogP contribution in [-0.4, -0.2) is 112 Å². The molecule has 2 aliphatic heterocycles. The van der Waals surface area contributed by atoms with E-state index < -0.39 is 0 Å². The van der Waals surface area contributed by atoms with Gasteiger partial charge >= 0.3 is 0 Å². The van der Waals surface area contributed by atoms with Gasteiger partial charge in [0, 0.05) is 72.3 Å². The molecule has 1 unspecified atom stereocenters. The maximum absolute atomic E-state index is 11.4. The van der Waals surface area contributed by atoms with Crippen molar-refractivity contribution >= 4 is 11.9 Å². The molecule has 0 bridgehead atoms. The number of methoxy groups -OCH3 is 1. The molecule has 8 nitrogen and oxygen atoms in total. The first-order valence-electron chi connectivity index (χ1n) is 10.2. The standard InChI is InChI=1S/C19H37N5O3/c1-4-20-19(24-7-5-18(15-24)16-27-14-13-26-3)21-6-8-22-9-11-23(12-10-22)17(2)25/h18H,4-16H2,1-3H3,(H,20,21). The zero-order chi connectivity index (χ0) is 19.5. The van der Waals surface area contributed by atoms with Crippen molar-refractivity contribution in [2.24, 2.45) is 10.9 Å². The van der Waals surface area contributed by atoms with E-state index in [-0.39, 0.29) is 5.91 Å². The average Bonchev–Trinajstić information content (AvgIpc) is 3.14. The van der Waals surface area contributed by atoms with E-state index in [1.165, 1.54) is 0 Å². The lowest BCUT2D eigenvalue weighted by atomic mass is 10.1. The molecule has 8 heteroatoms. The number of carbonyl (C=O) groups is 1. The van der Waals surface area contributed by atoms with Crippen molar-refractivity contribution in [3.63, 3.8) is 0 Å². The Kier molecular flexibility index (Phi) is 9.86. The van der Waals surface area contributed by atoms with Gasteiger partial charge in [-0.2, -0.15) is 0 Å². The van der Waals surface area contributed by atoms with Gasteiger partial charge in [0.2, 0.25) is 5.91 Å². The second-order valence-corrected chi connectivity index (χ2v) is 7.25. The maximum atomic E-state index is 11.4. The minimum atomic E-state index is 0.178. The first kappa shape index (κ1) is 21.9. The molecule has 2 saturated heterocycles. The van der Waals surface area contributed by atoms with Crippen LogP contribution in [0, 0.1) is 5.92 Å². The van der Waals surface area contributed by atoms with E-state index in [0.717, 1.165) is 77.9 Å². The number of piperazine rings is 1. The highest BCUT2D eigenvalue weighted by Crippen LogP contribution is 2.16. The Labute approximate surface area is 163 Å². The third kappa shape index (κ3) is 7.63. The largest absolute Gasteiger partial charge is 0.382 e. The first-order valence-corrected chi connectivity index (χ1v) is 10.2. The Bertz CT molecular complexity index is 466. The predicted molar refractivity (Wildman–Crippen MR) is 107 cm³/mol. The lowest BCUT2D eigenvalue weighted by Gasteiger charge is -2.33. The predicted octanol–water partition coefficient (Wildman–Crippen LogP) is 0.101. The molecule has 2 rings (SSSR count). The maximum Gasteiger partial charge on any atom is 0.219 e. The molecule has 2 fully saturated rings. The van der Waals surface area contributed by atoms with Crippen molar-refractivity contribution in [2.75, 3.05) is 85.8 Å². The molecule has 0 aromatic rings. The summed E-state index contributed by atoms with van der Waals surface area (Å²) in [4.78, 5) is 22.9. The van der Waals surface area contributed by atoms with Crippen LogP contribution >= 0.6 is 0 Å². The van der Waals surface area contributed by atoms with E-state index in [4.69, 9.17) is 14.5 Å². The Hall–Kier alpha value is -1.38. The Morgan fingerprint density at radius 3 is 2.59 bits per heavy atom. The van der Waals surface area contributed by atoms with Gasteiger partial charge in [-0.25, -0.2) is 0 Å². The fraction of sp³-hybridized carbons (Fsp3) is 0.895. The van der Waals surface area contributed by atoms with E-state index in [2.05, 4.69) is 22.0 Å². The number of rotatable bonds is 9. The summed E-state index contributed by atoms with van der Waals surface area (Å²) in [5.74, 6) is 1.75. The summed E-state index contributed by atoms with van der Waals surface area (Å²) >= 11 is 0. The smallest absolute Gasteiger partial charge is 0.219 e. The number of guanidine groups is 1. The highest BCUT2D eigenvalue weighted by atomic mass is 16.5. The number of aliphatic imine (C=N–C) groups is 1. The van der Waals surface area contributed by atoms with Gasteiger partial charge in [-0.15, -0.1) is 0 Å². The topological polar surface area (TPSA) is 69.6 Å². The van der Waals surface area contributed by atoms with Crippen LogP contribution in [0.5, 0.6) is 0 Å². The lowest BCUT2D eigenvalue weighted by molar-refractivity contribution is -0.130. The molecule has 27 heavy (non-hydrogen) atoms. The SMILES string of the molecule is CCNC(=NCCN1CCN(C(C)=O)CC1)N1CCC(COCCOC)C1. The summed E-state index contributed by atoms with van der Waals surface area (Å²) in [7, 11) is 1.70. The summed E-state index contributed by atoms with van der Waals surface area (Å²) in [5.41, 5.74) is 0. The fourth-order valence-electron chi connectivity index (χ4n) is 3.56. The van der Waals surface area contributed by atoms with E-state index in [1.54, 1.807) is 14.0 Å². The molecule has 1 atom stereocenters. The van der Waals surface area contributed by atoms with Gasteiger partial charge < -0.3 is 24.6 Å². The van der Waals surface area contributed by atoms with Crippen molar-refractivity contribution in [3.05, 3.63) is 0 Å². The molecule has 0 aromatic heterocycles. The van der Waals surface area contributed by atoms with Crippen molar-refractivity contribution in [3.8, 4) is 0 Å². The molecule has 0 aliphatic carbocycles. The summed E-state index contributed by atoms with van der Waals surface area (Å²) in [6.07, 6.45) is 1.14. The van der Waals surface area contributed by atoms with Gasteiger partial charge in [0.15, 0.2) is 5.96 Å². The van der Waals surface area contributed by atoms with Gasteiger partial charge in [-0.05, 0) is 13.3 Å². The third-order valence-electron chi connectivity index (χ3n) is 5.20. The van der Waals surface area contributed by atoms with Crippen LogP contribution in [0.3, 0.4) is 0 Å². The quantitative estimate of drug-likeness (QED) is 0.346. The van der Waals surface area contributed by atoms with Crippen LogP contribution in [0.1, 0.15) is 20.3 Å². The zero-order valence-electron chi connectivity index (χ0n) is 17.3. The van der Waals surface area contributed by atoms with Crippen LogP contribution in [0.2, 0.25) is 0 Å². The van der Waals surface area contributed by atoms with E-state index in [1.807, 2.05) is 4.90 Å². The average molecular weight is 384 g/mol. The molecule has 0 radical (unpaired) electrons. The van der Waals surface area contributed by atoms with Gasteiger partial charge in [0.05, 0.1) is 26.4 Å². The Balaban J connectivity index is 1.72. The molecular weight excluding hydrogens is 346 g/mol. The normalized spacial score (nSPS) is 21.7. The second kappa shape index (κ2) is 12.2. The third-order valence-corrected chi connectivity index (χ3v) is 5.20. The molecule has 156 valence electrons. The summed E-state index contributed by atoms with van der Waals surface area (Å²) < 4.78 is 10.7. The molecule has 0 aromatic carbocycles. The minimum Gasteiger partial charge on any atom is -0.382 e. The monoisotopic (exact) mass is 383 g/mol. The first-order chi connectivity index (χ1) is 13.1. The molecule has 1 N–H and O–H groups in total. The highest BCUT2D eigenvalue weighted by Gasteiger charge is 2.25. The van der Waals surface area contributed by atoms with Crippen LogP contribution < -0.4 is 5.32 Å². The number of nitrogens with one attached hydrogen (secondary N) is 1. The molecule has 1 amide bonds. The molecule has 2 heterocycles. The summed E-state index contributed by atoms with van der Waals surface area (Å²) in [6.45, 7) is 14.0. The van der Waals surface area contributed by atoms with Gasteiger partial charge in [-0.1, -0.05) is 0 Å². The second-order valence-electron chi connectivity index (χ2n) is 7.25. The van der Waals surface area contributed by atoms with Crippen molar-refractivity contribution in [1.82, 2.24) is 20.0 Å². The highest BCUT2D eigenvalue weighted by molar-refractivity contribution is 5.80. The van der Waals surface area contributed by atoms with Crippen LogP contribution in [0.4, 0.5) is 0 Å². The van der Waals surface area contributed by atoms with Crippen LogP contribution in [0.15, 0.2) is 4.99 Å². The van der Waals surface area contributed by atoms with Gasteiger partial charge in [0.25, 0.3) is 0 Å². The fourth-order valence-corrected chi connectivity index (χ4v) is 3.56. The Morgan fingerprint density at radius 1 is 1.15 bits per heavy atom. The molecule has 0 spiro atoms. The van der Waals surface area contributed by atoms with Crippen molar-refractivity contribution < 1.29 is 14.3 Å². The summed E-state index contributed by atoms with van der Waals surface area (Å²) in [5, 5.41) is 3.42. The van der Waals surface area contributed by atoms with E-state index in [0.29, 0.717) is 19.1 Å². The van der Waals surface area contributed by atoms with Gasteiger partial charge in [0.1, 0.15) is 0 Å². The lowest BCUT2D eigenvalue weighted by Crippen LogP contribution is -2.48. The Morgan fingerprint density at radius 2 is 1.93 bits per heavy atom. The number of amides is 1. The van der Waals surface area contributed by atoms with Crippen LogP contribution in [0.25, 0.3) is 0 Å². The number of hydrogen-bond acceptors (Lipinski definition) is 5. The molecule has 2 aliphatic rings. The van der Waals surface area contributed by atoms with Crippen molar-refractivity contribution in [2.45, 2.75) is 20.3 Å². The van der Waals surface area contributed by atoms with Crippen molar-refractivity contribution in [1.29, 1.82) is 0 Å². The zero-order valence-corrected chi connectivity index (χ0v) is 17.3. The van der Waals surface area contributed by atoms with E-state index >= 15 is 0 Å². The van der Waals surface area contributed by atoms with Gasteiger partial charge in [-0.3, -0.25) is 14.7 Å². The minimum absolute atomic E-state index is 0.178. The molecule has 0 saturated carbocycles.